The van der Waals surface area contributed by atoms with Crippen molar-refractivity contribution in [2.75, 3.05) is 12.4 Å². The predicted octanol–water partition coefficient (Wildman–Crippen LogP) is 4.09. The Morgan fingerprint density at radius 1 is 0.926 bits per heavy atom. The van der Waals surface area contributed by atoms with Crippen molar-refractivity contribution < 1.29 is 9.47 Å². The number of ether oxygens (including phenoxy) is 2. The third-order valence-corrected chi connectivity index (χ3v) is 4.28. The summed E-state index contributed by atoms with van der Waals surface area (Å²) >= 11 is 0. The second kappa shape index (κ2) is 7.78. The lowest BCUT2D eigenvalue weighted by Gasteiger charge is -2.12. The van der Waals surface area contributed by atoms with Crippen molar-refractivity contribution in [2.24, 2.45) is 0 Å². The van der Waals surface area contributed by atoms with Crippen LogP contribution < -0.4 is 14.8 Å². The molecule has 4 rings (SSSR count). The Hall–Kier alpha value is -3.54. The molecule has 0 saturated heterocycles. The second-order valence-corrected chi connectivity index (χ2v) is 5.98. The number of methoxy groups -OCH3 is 1. The predicted molar refractivity (Wildman–Crippen MR) is 105 cm³/mol. The molecule has 4 aromatic rings. The fraction of sp³-hybridized carbons (Fsp3) is 0.143. The first-order valence-corrected chi connectivity index (χ1v) is 8.68. The summed E-state index contributed by atoms with van der Waals surface area (Å²) < 4.78 is 13.2. The second-order valence-electron chi connectivity index (χ2n) is 5.98. The molecule has 0 fully saturated rings. The molecule has 27 heavy (non-hydrogen) atoms. The molecule has 0 aliphatic carbocycles. The van der Waals surface area contributed by atoms with Gasteiger partial charge in [0.1, 0.15) is 23.9 Å². The number of pyridine rings is 1. The number of imidazole rings is 1. The Balaban J connectivity index is 1.55. The number of rotatable bonds is 7. The molecule has 136 valence electrons. The number of nitrogens with zero attached hydrogens (tertiary/aromatic N) is 3. The number of fused-ring (bicyclic) bond motifs is 1. The van der Waals surface area contributed by atoms with Crippen molar-refractivity contribution >= 4 is 16.7 Å². The van der Waals surface area contributed by atoms with E-state index in [1.165, 1.54) is 0 Å². The van der Waals surface area contributed by atoms with Crippen LogP contribution in [0.3, 0.4) is 0 Å². The number of benzene rings is 2. The lowest BCUT2D eigenvalue weighted by Crippen LogP contribution is -2.13. The highest BCUT2D eigenvalue weighted by atomic mass is 16.5. The van der Waals surface area contributed by atoms with E-state index in [0.717, 1.165) is 34.0 Å². The quantitative estimate of drug-likeness (QED) is 0.538. The van der Waals surface area contributed by atoms with E-state index >= 15 is 0 Å². The maximum atomic E-state index is 5.94. The molecule has 2 heterocycles. The Bertz CT molecular complexity index is 1010. The zero-order valence-corrected chi connectivity index (χ0v) is 15.0. The molecule has 6 heteroatoms. The van der Waals surface area contributed by atoms with E-state index in [1.54, 1.807) is 19.5 Å². The first-order valence-electron chi connectivity index (χ1n) is 8.68. The molecular weight excluding hydrogens is 340 g/mol. The monoisotopic (exact) mass is 360 g/mol. The smallest absolute Gasteiger partial charge is 0.149 e. The van der Waals surface area contributed by atoms with Gasteiger partial charge in [-0.1, -0.05) is 12.1 Å². The van der Waals surface area contributed by atoms with Gasteiger partial charge in [-0.05, 0) is 48.5 Å². The Morgan fingerprint density at radius 3 is 2.44 bits per heavy atom. The molecule has 0 bridgehead atoms. The minimum atomic E-state index is 0.374. The molecule has 2 aromatic heterocycles. The molecule has 2 aromatic carbocycles. The average Bonchev–Trinajstić information content (AvgIpc) is 3.09. The van der Waals surface area contributed by atoms with E-state index in [0.29, 0.717) is 13.3 Å². The number of aromatic nitrogens is 3. The van der Waals surface area contributed by atoms with Gasteiger partial charge in [0.15, 0.2) is 0 Å². The van der Waals surface area contributed by atoms with Crippen molar-refractivity contribution in [3.8, 4) is 11.5 Å². The maximum Gasteiger partial charge on any atom is 0.149 e. The van der Waals surface area contributed by atoms with Gasteiger partial charge < -0.3 is 19.4 Å². The number of hydrogen-bond acceptors (Lipinski definition) is 5. The van der Waals surface area contributed by atoms with Crippen LogP contribution in [0.5, 0.6) is 11.5 Å². The Morgan fingerprint density at radius 2 is 1.67 bits per heavy atom. The summed E-state index contributed by atoms with van der Waals surface area (Å²) in [5.74, 6) is 2.43. The number of nitrogens with one attached hydrogen (secondary N) is 1. The van der Waals surface area contributed by atoms with Gasteiger partial charge in [0.05, 0.1) is 24.8 Å². The fourth-order valence-corrected chi connectivity index (χ4v) is 2.87. The van der Waals surface area contributed by atoms with Crippen LogP contribution in [0.1, 0.15) is 5.82 Å². The molecule has 0 saturated carbocycles. The van der Waals surface area contributed by atoms with Crippen LogP contribution in [0.2, 0.25) is 0 Å². The Labute approximate surface area is 157 Å². The van der Waals surface area contributed by atoms with Gasteiger partial charge in [0.2, 0.25) is 0 Å². The van der Waals surface area contributed by atoms with E-state index in [1.807, 2.05) is 54.6 Å². The molecule has 0 unspecified atom stereocenters. The highest BCUT2D eigenvalue weighted by molar-refractivity contribution is 5.76. The number of hydrogen-bond donors (Lipinski definition) is 1. The molecular formula is C21H20N4O2. The van der Waals surface area contributed by atoms with E-state index in [4.69, 9.17) is 14.5 Å². The van der Waals surface area contributed by atoms with E-state index < -0.39 is 0 Å². The summed E-state index contributed by atoms with van der Waals surface area (Å²) in [7, 11) is 1.65. The van der Waals surface area contributed by atoms with Gasteiger partial charge in [-0.15, -0.1) is 0 Å². The highest BCUT2D eigenvalue weighted by Crippen LogP contribution is 2.21. The average molecular weight is 360 g/mol. The van der Waals surface area contributed by atoms with E-state index in [9.17, 15) is 0 Å². The zero-order chi connectivity index (χ0) is 18.5. The summed E-state index contributed by atoms with van der Waals surface area (Å²) in [6.45, 7) is 0.963. The molecule has 0 radical (unpaired) electrons. The van der Waals surface area contributed by atoms with Gasteiger partial charge in [-0.2, -0.15) is 0 Å². The van der Waals surface area contributed by atoms with Crippen LogP contribution in [0.15, 0.2) is 73.1 Å². The fourth-order valence-electron chi connectivity index (χ4n) is 2.87. The zero-order valence-electron chi connectivity index (χ0n) is 15.0. The number of anilines is 1. The van der Waals surface area contributed by atoms with Gasteiger partial charge in [-0.25, -0.2) is 4.98 Å². The standard InChI is InChI=1S/C21H20N4O2/c1-26-17-6-8-18(9-7-17)27-14-21-24-19-4-2-3-5-20(19)25(21)15-23-16-10-12-22-13-11-16/h2-13H,14-15H2,1H3,(H,22,23). The molecule has 0 spiro atoms. The summed E-state index contributed by atoms with van der Waals surface area (Å²) in [5, 5.41) is 3.40. The first kappa shape index (κ1) is 16.9. The summed E-state index contributed by atoms with van der Waals surface area (Å²) in [5.41, 5.74) is 3.01. The van der Waals surface area contributed by atoms with Gasteiger partial charge in [0, 0.05) is 18.1 Å². The largest absolute Gasteiger partial charge is 0.497 e. The third kappa shape index (κ3) is 3.84. The SMILES string of the molecule is COc1ccc(OCc2nc3ccccc3n2CNc2ccncc2)cc1. The van der Waals surface area contributed by atoms with Crippen LogP contribution >= 0.6 is 0 Å². The molecule has 6 nitrogen and oxygen atoms in total. The Kier molecular flexibility index (Phi) is 4.87. The normalized spacial score (nSPS) is 10.7. The van der Waals surface area contributed by atoms with Crippen molar-refractivity contribution in [2.45, 2.75) is 13.3 Å². The van der Waals surface area contributed by atoms with Crippen molar-refractivity contribution in [1.29, 1.82) is 0 Å². The van der Waals surface area contributed by atoms with Gasteiger partial charge >= 0.3 is 0 Å². The highest BCUT2D eigenvalue weighted by Gasteiger charge is 2.11. The summed E-state index contributed by atoms with van der Waals surface area (Å²) in [4.78, 5) is 8.78. The van der Waals surface area contributed by atoms with Crippen LogP contribution in [-0.4, -0.2) is 21.6 Å². The summed E-state index contributed by atoms with van der Waals surface area (Å²) in [6.07, 6.45) is 3.53. The molecule has 1 N–H and O–H groups in total. The topological polar surface area (TPSA) is 61.2 Å². The van der Waals surface area contributed by atoms with Gasteiger partial charge in [-0.3, -0.25) is 4.98 Å². The molecule has 0 aliphatic heterocycles. The van der Waals surface area contributed by atoms with E-state index in [-0.39, 0.29) is 0 Å². The van der Waals surface area contributed by atoms with Crippen LogP contribution in [0, 0.1) is 0 Å². The lowest BCUT2D eigenvalue weighted by atomic mass is 10.3. The van der Waals surface area contributed by atoms with Crippen molar-refractivity contribution in [1.82, 2.24) is 14.5 Å². The van der Waals surface area contributed by atoms with Crippen LogP contribution in [0.4, 0.5) is 5.69 Å². The molecule has 0 aliphatic rings. The first-order chi connectivity index (χ1) is 13.3. The minimum Gasteiger partial charge on any atom is -0.497 e. The van der Waals surface area contributed by atoms with Crippen molar-refractivity contribution in [3.05, 3.63) is 78.9 Å². The van der Waals surface area contributed by atoms with Crippen LogP contribution in [-0.2, 0) is 13.3 Å². The number of para-hydroxylation sites is 2. The third-order valence-electron chi connectivity index (χ3n) is 4.28. The minimum absolute atomic E-state index is 0.374. The molecule has 0 atom stereocenters. The lowest BCUT2D eigenvalue weighted by molar-refractivity contribution is 0.290. The van der Waals surface area contributed by atoms with Gasteiger partial charge in [0.25, 0.3) is 0 Å². The van der Waals surface area contributed by atoms with Crippen LogP contribution in [0.25, 0.3) is 11.0 Å². The maximum absolute atomic E-state index is 5.94. The van der Waals surface area contributed by atoms with Crippen molar-refractivity contribution in [3.63, 3.8) is 0 Å². The summed E-state index contributed by atoms with van der Waals surface area (Å²) in [6, 6.07) is 19.5. The van der Waals surface area contributed by atoms with E-state index in [2.05, 4.69) is 20.9 Å². The molecule has 0 amide bonds.